The first kappa shape index (κ1) is 16.0. The quantitative estimate of drug-likeness (QED) is 0.617. The lowest BCUT2D eigenvalue weighted by Crippen LogP contribution is -2.30. The predicted molar refractivity (Wildman–Crippen MR) is 74.0 cm³/mol. The molecule has 0 amide bonds. The summed E-state index contributed by atoms with van der Waals surface area (Å²) in [4.78, 5) is 4.08. The molecule has 5 heteroatoms. The second kappa shape index (κ2) is 9.86. The number of pyridine rings is 1. The highest BCUT2D eigenvalue weighted by atomic mass is 16.5. The van der Waals surface area contributed by atoms with Gasteiger partial charge in [-0.25, -0.2) is 0 Å². The lowest BCUT2D eigenvalue weighted by Gasteiger charge is -2.13. The maximum Gasteiger partial charge on any atom is 0.0897 e. The Morgan fingerprint density at radius 1 is 1.37 bits per heavy atom. The molecule has 0 bridgehead atoms. The largest absolute Gasteiger partial charge is 0.389 e. The Labute approximate surface area is 115 Å². The molecule has 0 aliphatic carbocycles. The number of hydrogen-bond acceptors (Lipinski definition) is 5. The second-order valence-electron chi connectivity index (χ2n) is 4.36. The van der Waals surface area contributed by atoms with Crippen molar-refractivity contribution in [1.82, 2.24) is 10.3 Å². The molecular weight excluding hydrogens is 244 g/mol. The van der Waals surface area contributed by atoms with E-state index in [0.717, 1.165) is 5.56 Å². The molecule has 0 aliphatic rings. The molecule has 0 fully saturated rings. The Morgan fingerprint density at radius 2 is 2.16 bits per heavy atom. The molecule has 1 rings (SSSR count). The number of aromatic nitrogens is 1. The summed E-state index contributed by atoms with van der Waals surface area (Å²) in [5.74, 6) is 0. The zero-order chi connectivity index (χ0) is 13.9. The van der Waals surface area contributed by atoms with Gasteiger partial charge in [-0.2, -0.15) is 0 Å². The smallest absolute Gasteiger partial charge is 0.0897 e. The lowest BCUT2D eigenvalue weighted by molar-refractivity contribution is 0.00642. The molecule has 1 unspecified atom stereocenters. The molecule has 0 saturated carbocycles. The van der Waals surface area contributed by atoms with Crippen molar-refractivity contribution in [3.63, 3.8) is 0 Å². The van der Waals surface area contributed by atoms with Crippen molar-refractivity contribution in [1.29, 1.82) is 0 Å². The van der Waals surface area contributed by atoms with Crippen molar-refractivity contribution in [2.45, 2.75) is 26.5 Å². The highest BCUT2D eigenvalue weighted by Gasteiger charge is 2.04. The summed E-state index contributed by atoms with van der Waals surface area (Å²) in [5.41, 5.74) is 2.34. The number of ether oxygens (including phenoxy) is 2. The van der Waals surface area contributed by atoms with E-state index in [1.807, 2.05) is 26.1 Å². The third kappa shape index (κ3) is 7.22. The number of aliphatic hydroxyl groups is 1. The third-order valence-corrected chi connectivity index (χ3v) is 2.73. The number of nitrogens with one attached hydrogen (secondary N) is 1. The Balaban J connectivity index is 2.07. The SMILES string of the molecule is CCOCCOCC(O)CNCc1cnccc1C. The van der Waals surface area contributed by atoms with Gasteiger partial charge in [0.2, 0.25) is 0 Å². The van der Waals surface area contributed by atoms with E-state index in [2.05, 4.69) is 10.3 Å². The molecule has 0 radical (unpaired) electrons. The van der Waals surface area contributed by atoms with E-state index in [-0.39, 0.29) is 0 Å². The van der Waals surface area contributed by atoms with Gasteiger partial charge >= 0.3 is 0 Å². The van der Waals surface area contributed by atoms with Gasteiger partial charge in [0, 0.05) is 32.1 Å². The van der Waals surface area contributed by atoms with Crippen molar-refractivity contribution in [2.24, 2.45) is 0 Å². The Kier molecular flexibility index (Phi) is 8.33. The fraction of sp³-hybridized carbons (Fsp3) is 0.643. The molecule has 1 heterocycles. The molecule has 5 nitrogen and oxygen atoms in total. The first-order chi connectivity index (χ1) is 9.24. The minimum Gasteiger partial charge on any atom is -0.389 e. The van der Waals surface area contributed by atoms with Crippen LogP contribution in [0.25, 0.3) is 0 Å². The summed E-state index contributed by atoms with van der Waals surface area (Å²) < 4.78 is 10.4. The first-order valence-electron chi connectivity index (χ1n) is 6.67. The minimum absolute atomic E-state index is 0.325. The van der Waals surface area contributed by atoms with Gasteiger partial charge in [-0.3, -0.25) is 4.98 Å². The maximum absolute atomic E-state index is 9.71. The van der Waals surface area contributed by atoms with Gasteiger partial charge in [0.05, 0.1) is 25.9 Å². The topological polar surface area (TPSA) is 63.6 Å². The Hall–Kier alpha value is -1.01. The van der Waals surface area contributed by atoms with E-state index < -0.39 is 6.10 Å². The van der Waals surface area contributed by atoms with Crippen molar-refractivity contribution in [3.05, 3.63) is 29.6 Å². The summed E-state index contributed by atoms with van der Waals surface area (Å²) in [6.07, 6.45) is 3.12. The van der Waals surface area contributed by atoms with Crippen LogP contribution in [0.4, 0.5) is 0 Å². The molecule has 1 aromatic rings. The molecule has 108 valence electrons. The van der Waals surface area contributed by atoms with Crippen molar-refractivity contribution in [2.75, 3.05) is 33.0 Å². The number of aryl methyl sites for hydroxylation is 1. The van der Waals surface area contributed by atoms with E-state index in [1.165, 1.54) is 5.56 Å². The van der Waals surface area contributed by atoms with E-state index in [0.29, 0.717) is 39.5 Å². The van der Waals surface area contributed by atoms with E-state index in [9.17, 15) is 5.11 Å². The van der Waals surface area contributed by atoms with Crippen molar-refractivity contribution < 1.29 is 14.6 Å². The number of aliphatic hydroxyl groups excluding tert-OH is 1. The molecule has 19 heavy (non-hydrogen) atoms. The van der Waals surface area contributed by atoms with Gasteiger partial charge in [0.25, 0.3) is 0 Å². The molecule has 0 aromatic carbocycles. The minimum atomic E-state index is -0.501. The lowest BCUT2D eigenvalue weighted by atomic mass is 10.1. The van der Waals surface area contributed by atoms with Gasteiger partial charge in [0.15, 0.2) is 0 Å². The fourth-order valence-electron chi connectivity index (χ4n) is 1.60. The zero-order valence-electron chi connectivity index (χ0n) is 11.8. The van der Waals surface area contributed by atoms with Crippen molar-refractivity contribution >= 4 is 0 Å². The van der Waals surface area contributed by atoms with Gasteiger partial charge in [0.1, 0.15) is 0 Å². The highest BCUT2D eigenvalue weighted by Crippen LogP contribution is 2.03. The Morgan fingerprint density at radius 3 is 2.89 bits per heavy atom. The molecule has 0 aliphatic heterocycles. The highest BCUT2D eigenvalue weighted by molar-refractivity contribution is 5.20. The predicted octanol–water partition coefficient (Wildman–Crippen LogP) is 0.894. The van der Waals surface area contributed by atoms with Crippen LogP contribution in [-0.4, -0.2) is 49.2 Å². The number of rotatable bonds is 10. The Bertz CT molecular complexity index is 347. The van der Waals surface area contributed by atoms with Crippen LogP contribution in [0.15, 0.2) is 18.5 Å². The van der Waals surface area contributed by atoms with Crippen LogP contribution in [0.1, 0.15) is 18.1 Å². The molecule has 1 aromatic heterocycles. The average Bonchev–Trinajstić information content (AvgIpc) is 2.41. The van der Waals surface area contributed by atoms with Crippen LogP contribution in [0.5, 0.6) is 0 Å². The van der Waals surface area contributed by atoms with Crippen LogP contribution in [0.2, 0.25) is 0 Å². The third-order valence-electron chi connectivity index (χ3n) is 2.73. The molecule has 0 saturated heterocycles. The second-order valence-corrected chi connectivity index (χ2v) is 4.36. The molecule has 0 spiro atoms. The summed E-state index contributed by atoms with van der Waals surface area (Å²) in [6, 6.07) is 1.98. The normalized spacial score (nSPS) is 12.6. The first-order valence-corrected chi connectivity index (χ1v) is 6.67. The fourth-order valence-corrected chi connectivity index (χ4v) is 1.60. The van der Waals surface area contributed by atoms with Gasteiger partial charge < -0.3 is 19.9 Å². The van der Waals surface area contributed by atoms with Crippen LogP contribution in [-0.2, 0) is 16.0 Å². The molecule has 2 N–H and O–H groups in total. The summed E-state index contributed by atoms with van der Waals surface area (Å²) in [7, 11) is 0. The monoisotopic (exact) mass is 268 g/mol. The molecule has 1 atom stereocenters. The average molecular weight is 268 g/mol. The zero-order valence-corrected chi connectivity index (χ0v) is 11.8. The summed E-state index contributed by atoms with van der Waals surface area (Å²) >= 11 is 0. The van der Waals surface area contributed by atoms with Gasteiger partial charge in [-0.1, -0.05) is 0 Å². The van der Waals surface area contributed by atoms with Crippen molar-refractivity contribution in [3.8, 4) is 0 Å². The van der Waals surface area contributed by atoms with E-state index >= 15 is 0 Å². The van der Waals surface area contributed by atoms with Crippen LogP contribution < -0.4 is 5.32 Å². The van der Waals surface area contributed by atoms with Crippen LogP contribution >= 0.6 is 0 Å². The number of hydrogen-bond donors (Lipinski definition) is 2. The van der Waals surface area contributed by atoms with Gasteiger partial charge in [-0.05, 0) is 31.0 Å². The van der Waals surface area contributed by atoms with Crippen LogP contribution in [0, 0.1) is 6.92 Å². The van der Waals surface area contributed by atoms with Gasteiger partial charge in [-0.15, -0.1) is 0 Å². The summed E-state index contributed by atoms with van der Waals surface area (Å²) in [6.45, 7) is 7.31. The van der Waals surface area contributed by atoms with Crippen LogP contribution in [0.3, 0.4) is 0 Å². The molecular formula is C14H24N2O3. The standard InChI is InChI=1S/C14H24N2O3/c1-3-18-6-7-19-11-14(17)10-16-9-13-8-15-5-4-12(13)2/h4-5,8,14,16-17H,3,6-7,9-11H2,1-2H3. The van der Waals surface area contributed by atoms with E-state index in [1.54, 1.807) is 6.20 Å². The number of nitrogens with zero attached hydrogens (tertiary/aromatic N) is 1. The summed E-state index contributed by atoms with van der Waals surface area (Å²) in [5, 5.41) is 12.9. The maximum atomic E-state index is 9.71. The van der Waals surface area contributed by atoms with E-state index in [4.69, 9.17) is 9.47 Å².